The molecule has 1 aromatic carbocycles. The van der Waals surface area contributed by atoms with E-state index >= 15 is 0 Å². The van der Waals surface area contributed by atoms with E-state index in [4.69, 9.17) is 10.5 Å². The molecule has 9 heteroatoms. The molecular weight excluding hydrogens is 325 g/mol. The monoisotopic (exact) mass is 340 g/mol. The van der Waals surface area contributed by atoms with Crippen LogP contribution in [0, 0.1) is 0 Å². The van der Waals surface area contributed by atoms with E-state index in [9.17, 15) is 13.2 Å². The van der Waals surface area contributed by atoms with Crippen LogP contribution in [0.25, 0.3) is 0 Å². The van der Waals surface area contributed by atoms with Gasteiger partial charge in [0.15, 0.2) is 11.7 Å². The molecule has 0 saturated carbocycles. The Morgan fingerprint density at radius 3 is 2.67 bits per heavy atom. The van der Waals surface area contributed by atoms with Crippen LogP contribution in [0.3, 0.4) is 0 Å². The fourth-order valence-electron chi connectivity index (χ4n) is 1.79. The van der Waals surface area contributed by atoms with Gasteiger partial charge in [0, 0.05) is 6.07 Å². The van der Waals surface area contributed by atoms with Crippen LogP contribution in [-0.4, -0.2) is 24.4 Å². The lowest BCUT2D eigenvalue weighted by atomic mass is 10.3. The summed E-state index contributed by atoms with van der Waals surface area (Å²) in [6.07, 6.45) is -4.80. The summed E-state index contributed by atoms with van der Waals surface area (Å²) in [7, 11) is 1.49. The maximum Gasteiger partial charge on any atom is 0.573 e. The van der Waals surface area contributed by atoms with Gasteiger partial charge < -0.3 is 20.5 Å². The van der Waals surface area contributed by atoms with Crippen molar-refractivity contribution < 1.29 is 22.6 Å². The van der Waals surface area contributed by atoms with Crippen LogP contribution in [0.5, 0.6) is 11.6 Å². The lowest BCUT2D eigenvalue weighted by Gasteiger charge is -2.14. The van der Waals surface area contributed by atoms with Gasteiger partial charge >= 0.3 is 6.36 Å². The van der Waals surface area contributed by atoms with Gasteiger partial charge in [-0.05, 0) is 18.2 Å². The third-order valence-corrected chi connectivity index (χ3v) is 2.78. The van der Waals surface area contributed by atoms with Crippen molar-refractivity contribution in [3.05, 3.63) is 48.2 Å². The summed E-state index contributed by atoms with van der Waals surface area (Å²) in [6.45, 7) is 0.137. The van der Waals surface area contributed by atoms with Crippen molar-refractivity contribution >= 4 is 11.6 Å². The lowest BCUT2D eigenvalue weighted by Crippen LogP contribution is -2.24. The molecule has 0 fully saturated rings. The molecule has 2 aromatic rings. The number of hydrogen-bond acceptors (Lipinski definition) is 4. The number of hydrogen-bond donors (Lipinski definition) is 2. The van der Waals surface area contributed by atoms with Gasteiger partial charge in [-0.3, -0.25) is 0 Å². The summed E-state index contributed by atoms with van der Waals surface area (Å²) < 4.78 is 46.0. The molecule has 0 aliphatic heterocycles. The molecule has 0 amide bonds. The lowest BCUT2D eigenvalue weighted by molar-refractivity contribution is -0.274. The number of pyridine rings is 1. The van der Waals surface area contributed by atoms with Gasteiger partial charge in [-0.1, -0.05) is 18.2 Å². The summed E-state index contributed by atoms with van der Waals surface area (Å²) in [5.74, 6) is -0.0429. The minimum atomic E-state index is -4.80. The van der Waals surface area contributed by atoms with Gasteiger partial charge in [-0.25, -0.2) is 9.98 Å². The molecule has 24 heavy (non-hydrogen) atoms. The van der Waals surface area contributed by atoms with E-state index in [-0.39, 0.29) is 18.2 Å². The number of aliphatic imine (C=N–C) groups is 1. The fourth-order valence-corrected chi connectivity index (χ4v) is 1.79. The van der Waals surface area contributed by atoms with Crippen LogP contribution < -0.4 is 20.5 Å². The number of guanidine groups is 1. The summed E-state index contributed by atoms with van der Waals surface area (Å²) in [6, 6.07) is 10.7. The first kappa shape index (κ1) is 17.4. The van der Waals surface area contributed by atoms with Crippen molar-refractivity contribution in [1.29, 1.82) is 0 Å². The summed E-state index contributed by atoms with van der Waals surface area (Å²) >= 11 is 0. The predicted octanol–water partition coefficient (Wildman–Crippen LogP) is 2.92. The molecule has 1 aromatic heterocycles. The zero-order valence-corrected chi connectivity index (χ0v) is 12.7. The highest BCUT2D eigenvalue weighted by Crippen LogP contribution is 2.29. The molecule has 0 bridgehead atoms. The number of anilines is 1. The van der Waals surface area contributed by atoms with E-state index in [1.54, 1.807) is 24.3 Å². The summed E-state index contributed by atoms with van der Waals surface area (Å²) in [4.78, 5) is 8.18. The highest BCUT2D eigenvalue weighted by Gasteiger charge is 2.32. The maximum atomic E-state index is 12.4. The summed E-state index contributed by atoms with van der Waals surface area (Å²) in [5, 5.41) is 2.58. The normalized spacial score (nSPS) is 11.9. The first-order valence-corrected chi connectivity index (χ1v) is 6.79. The van der Waals surface area contributed by atoms with Crippen molar-refractivity contribution in [2.45, 2.75) is 12.9 Å². The van der Waals surface area contributed by atoms with Crippen LogP contribution in [0.1, 0.15) is 5.69 Å². The molecule has 128 valence electrons. The maximum absolute atomic E-state index is 12.4. The Hall–Kier alpha value is -2.97. The molecule has 0 radical (unpaired) electrons. The SMILES string of the molecule is COc1cccc(CN=C(N)Nc2ccccc2OC(F)(F)F)n1. The number of ether oxygens (including phenoxy) is 2. The number of alkyl halides is 3. The van der Waals surface area contributed by atoms with Crippen LogP contribution in [0.4, 0.5) is 18.9 Å². The topological polar surface area (TPSA) is 81.8 Å². The number of nitrogens with zero attached hydrogens (tertiary/aromatic N) is 2. The standard InChI is InChI=1S/C15H15F3N4O2/c1-23-13-8-4-5-10(21-13)9-20-14(19)22-11-6-2-3-7-12(11)24-15(16,17)18/h2-8H,9H2,1H3,(H3,19,20,22). The second-order valence-corrected chi connectivity index (χ2v) is 4.54. The molecule has 0 spiro atoms. The Kier molecular flexibility index (Phi) is 5.46. The highest BCUT2D eigenvalue weighted by atomic mass is 19.4. The molecule has 0 atom stereocenters. The number of benzene rings is 1. The minimum Gasteiger partial charge on any atom is -0.481 e. The second-order valence-electron chi connectivity index (χ2n) is 4.54. The van der Waals surface area contributed by atoms with E-state index in [1.165, 1.54) is 25.3 Å². The zero-order chi connectivity index (χ0) is 17.6. The number of methoxy groups -OCH3 is 1. The molecule has 0 saturated heterocycles. The average molecular weight is 340 g/mol. The average Bonchev–Trinajstić information content (AvgIpc) is 2.54. The molecule has 0 unspecified atom stereocenters. The molecular formula is C15H15F3N4O2. The highest BCUT2D eigenvalue weighted by molar-refractivity contribution is 5.93. The quantitative estimate of drug-likeness (QED) is 0.646. The van der Waals surface area contributed by atoms with Crippen molar-refractivity contribution in [3.63, 3.8) is 0 Å². The first-order valence-electron chi connectivity index (χ1n) is 6.79. The smallest absolute Gasteiger partial charge is 0.481 e. The van der Waals surface area contributed by atoms with E-state index in [0.29, 0.717) is 11.6 Å². The molecule has 2 rings (SSSR count). The van der Waals surface area contributed by atoms with Crippen molar-refractivity contribution in [1.82, 2.24) is 4.98 Å². The molecule has 3 N–H and O–H groups in total. The predicted molar refractivity (Wildman–Crippen MR) is 82.9 cm³/mol. The van der Waals surface area contributed by atoms with E-state index in [1.807, 2.05) is 0 Å². The van der Waals surface area contributed by atoms with Crippen molar-refractivity contribution in [2.75, 3.05) is 12.4 Å². The van der Waals surface area contributed by atoms with Crippen LogP contribution in [0.2, 0.25) is 0 Å². The van der Waals surface area contributed by atoms with Crippen LogP contribution >= 0.6 is 0 Å². The van der Waals surface area contributed by atoms with E-state index in [2.05, 4.69) is 20.0 Å². The fraction of sp³-hybridized carbons (Fsp3) is 0.200. The zero-order valence-electron chi connectivity index (χ0n) is 12.7. The van der Waals surface area contributed by atoms with Crippen molar-refractivity contribution in [2.24, 2.45) is 10.7 Å². The third kappa shape index (κ3) is 5.34. The third-order valence-electron chi connectivity index (χ3n) is 2.78. The van der Waals surface area contributed by atoms with Gasteiger partial charge in [0.05, 0.1) is 25.0 Å². The minimum absolute atomic E-state index is 0.0506. The largest absolute Gasteiger partial charge is 0.573 e. The van der Waals surface area contributed by atoms with Crippen LogP contribution in [-0.2, 0) is 6.54 Å². The Balaban J connectivity index is 2.07. The number of aromatic nitrogens is 1. The second kappa shape index (κ2) is 7.53. The first-order chi connectivity index (χ1) is 11.4. The Labute approximate surface area is 136 Å². The molecule has 0 aliphatic carbocycles. The van der Waals surface area contributed by atoms with Crippen LogP contribution in [0.15, 0.2) is 47.5 Å². The number of para-hydroxylation sites is 2. The number of nitrogens with one attached hydrogen (secondary N) is 1. The Morgan fingerprint density at radius 1 is 1.21 bits per heavy atom. The molecule has 1 heterocycles. The van der Waals surface area contributed by atoms with Gasteiger partial charge in [-0.15, -0.1) is 13.2 Å². The van der Waals surface area contributed by atoms with Gasteiger partial charge in [0.2, 0.25) is 5.88 Å². The number of halogens is 3. The number of rotatable bonds is 5. The molecule has 6 nitrogen and oxygen atoms in total. The summed E-state index contributed by atoms with van der Waals surface area (Å²) in [5.41, 5.74) is 6.35. The van der Waals surface area contributed by atoms with Crippen molar-refractivity contribution in [3.8, 4) is 11.6 Å². The van der Waals surface area contributed by atoms with Gasteiger partial charge in [0.1, 0.15) is 0 Å². The van der Waals surface area contributed by atoms with E-state index in [0.717, 1.165) is 0 Å². The Bertz CT molecular complexity index is 720. The molecule has 0 aliphatic rings. The van der Waals surface area contributed by atoms with Gasteiger partial charge in [0.25, 0.3) is 0 Å². The number of nitrogens with two attached hydrogens (primary N) is 1. The van der Waals surface area contributed by atoms with Gasteiger partial charge in [-0.2, -0.15) is 0 Å². The van der Waals surface area contributed by atoms with E-state index < -0.39 is 12.1 Å². The Morgan fingerprint density at radius 2 is 1.96 bits per heavy atom.